The Morgan fingerprint density at radius 2 is 2.03 bits per heavy atom. The molecule has 2 fully saturated rings. The van der Waals surface area contributed by atoms with Crippen LogP contribution in [0, 0.1) is 23.6 Å². The minimum Gasteiger partial charge on any atom is -0.505 e. The third kappa shape index (κ3) is 4.58. The molecule has 2 N–H and O–H groups in total. The van der Waals surface area contributed by atoms with Gasteiger partial charge >= 0.3 is 7.12 Å². The number of imide groups is 1. The number of carbonyl (C=O) groups excluding carboxylic acids is 2. The van der Waals surface area contributed by atoms with E-state index in [1.165, 1.54) is 22.6 Å². The number of hydrogen-bond donors (Lipinski definition) is 2. The van der Waals surface area contributed by atoms with Gasteiger partial charge in [-0.3, -0.25) is 14.5 Å². The van der Waals surface area contributed by atoms with Gasteiger partial charge in [-0.2, -0.15) is 0 Å². The topological polar surface area (TPSA) is 87.1 Å². The Balaban J connectivity index is 1.61. The van der Waals surface area contributed by atoms with Gasteiger partial charge in [-0.05, 0) is 67.6 Å². The molecule has 4 atom stereocenters. The van der Waals surface area contributed by atoms with Crippen LogP contribution in [0.5, 0.6) is 5.75 Å². The molecule has 182 valence electrons. The third-order valence-electron chi connectivity index (χ3n) is 7.60. The summed E-state index contributed by atoms with van der Waals surface area (Å²) in [5.74, 6) is -2.23. The molecule has 6 nitrogen and oxygen atoms in total. The first-order chi connectivity index (χ1) is 16.2. The minimum atomic E-state index is -0.977. The highest BCUT2D eigenvalue weighted by atomic mass is 19.1. The summed E-state index contributed by atoms with van der Waals surface area (Å²) in [6.45, 7) is 4.14. The van der Waals surface area contributed by atoms with Crippen LogP contribution in [0.4, 0.5) is 4.39 Å². The smallest absolute Gasteiger partial charge is 0.455 e. The van der Waals surface area contributed by atoms with Crippen LogP contribution >= 0.6 is 0 Å². The van der Waals surface area contributed by atoms with Gasteiger partial charge < -0.3 is 14.8 Å². The normalized spacial score (nSPS) is 27.4. The van der Waals surface area contributed by atoms with Gasteiger partial charge in [-0.15, -0.1) is 0 Å². The lowest BCUT2D eigenvalue weighted by Crippen LogP contribution is -2.46. The van der Waals surface area contributed by atoms with Gasteiger partial charge in [0.05, 0.1) is 17.9 Å². The Morgan fingerprint density at radius 1 is 1.26 bits per heavy atom. The number of phenols is 1. The summed E-state index contributed by atoms with van der Waals surface area (Å²) in [6.07, 6.45) is 6.38. The maximum Gasteiger partial charge on any atom is 0.455 e. The zero-order valence-corrected chi connectivity index (χ0v) is 20.1. The summed E-state index contributed by atoms with van der Waals surface area (Å²) in [5.41, 5.74) is 4.09. The van der Waals surface area contributed by atoms with Gasteiger partial charge in [0.25, 0.3) is 0 Å². The van der Waals surface area contributed by atoms with E-state index in [2.05, 4.69) is 6.92 Å². The molecule has 0 spiro atoms. The molecule has 0 bridgehead atoms. The van der Waals surface area contributed by atoms with Crippen LogP contribution in [0.3, 0.4) is 0 Å². The lowest BCUT2D eigenvalue weighted by atomic mass is 9.58. The number of fused-ring (bicyclic) bond motifs is 3. The largest absolute Gasteiger partial charge is 0.505 e. The highest BCUT2D eigenvalue weighted by molar-refractivity contribution is 6.43. The number of carbonyl (C=O) groups is 2. The Hall–Kier alpha value is -2.45. The Bertz CT molecular complexity index is 1040. The molecule has 3 aliphatic rings. The summed E-state index contributed by atoms with van der Waals surface area (Å²) in [6, 6.07) is 4.33. The van der Waals surface area contributed by atoms with Crippen molar-refractivity contribution in [3.05, 3.63) is 46.3 Å². The fourth-order valence-corrected chi connectivity index (χ4v) is 5.98. The number of amides is 2. The SMILES string of the molecule is CCCC1=C2[C@@H](CC/C(=C/c3ccc(O)c(F)c3)CC)OB(O)C[C@@H]2[C@@H]2C(=O)N(C)C(=O)[C@@H]2C1. The van der Waals surface area contributed by atoms with E-state index < -0.39 is 18.9 Å². The van der Waals surface area contributed by atoms with Crippen molar-refractivity contribution in [3.63, 3.8) is 0 Å². The summed E-state index contributed by atoms with van der Waals surface area (Å²) < 4.78 is 19.8. The van der Waals surface area contributed by atoms with Gasteiger partial charge in [-0.1, -0.05) is 43.6 Å². The van der Waals surface area contributed by atoms with Crippen molar-refractivity contribution in [1.82, 2.24) is 4.90 Å². The average Bonchev–Trinajstić information content (AvgIpc) is 3.02. The van der Waals surface area contributed by atoms with Crippen LogP contribution in [0.25, 0.3) is 6.08 Å². The number of likely N-dealkylation sites (tertiary alicyclic amines) is 1. The molecule has 1 aliphatic carbocycles. The Kier molecular flexibility index (Phi) is 7.29. The molecule has 0 aromatic heterocycles. The van der Waals surface area contributed by atoms with Gasteiger partial charge in [0.1, 0.15) is 0 Å². The predicted octanol–water partition coefficient (Wildman–Crippen LogP) is 4.33. The number of aromatic hydroxyl groups is 1. The molecule has 4 rings (SSSR count). The van der Waals surface area contributed by atoms with E-state index in [1.807, 2.05) is 13.0 Å². The van der Waals surface area contributed by atoms with Crippen LogP contribution in [-0.4, -0.2) is 47.1 Å². The van der Waals surface area contributed by atoms with Gasteiger partial charge in [0.2, 0.25) is 11.8 Å². The molecule has 0 radical (unpaired) electrons. The van der Waals surface area contributed by atoms with Crippen molar-refractivity contribution in [3.8, 4) is 5.75 Å². The number of hydrogen-bond acceptors (Lipinski definition) is 5. The van der Waals surface area contributed by atoms with Crippen LogP contribution in [-0.2, 0) is 14.2 Å². The lowest BCUT2D eigenvalue weighted by molar-refractivity contribution is -0.138. The molecule has 2 amide bonds. The van der Waals surface area contributed by atoms with E-state index in [-0.39, 0.29) is 35.5 Å². The van der Waals surface area contributed by atoms with E-state index >= 15 is 0 Å². The molecule has 34 heavy (non-hydrogen) atoms. The highest BCUT2D eigenvalue weighted by Gasteiger charge is 2.56. The number of allylic oxidation sites excluding steroid dienone is 2. The van der Waals surface area contributed by atoms with Crippen molar-refractivity contribution in [2.45, 2.75) is 64.8 Å². The van der Waals surface area contributed by atoms with Crippen molar-refractivity contribution in [2.24, 2.45) is 17.8 Å². The number of halogens is 1. The predicted molar refractivity (Wildman–Crippen MR) is 128 cm³/mol. The lowest BCUT2D eigenvalue weighted by Gasteiger charge is -2.43. The first kappa shape index (κ1) is 24.7. The van der Waals surface area contributed by atoms with E-state index in [0.29, 0.717) is 31.1 Å². The zero-order valence-electron chi connectivity index (χ0n) is 20.1. The van der Waals surface area contributed by atoms with E-state index in [0.717, 1.165) is 30.4 Å². The van der Waals surface area contributed by atoms with Gasteiger partial charge in [-0.25, -0.2) is 4.39 Å². The van der Waals surface area contributed by atoms with Gasteiger partial charge in [0.15, 0.2) is 11.6 Å². The van der Waals surface area contributed by atoms with Crippen molar-refractivity contribution >= 4 is 25.0 Å². The van der Waals surface area contributed by atoms with E-state index in [1.54, 1.807) is 13.1 Å². The van der Waals surface area contributed by atoms with Crippen LogP contribution in [0.15, 0.2) is 34.9 Å². The molecule has 0 saturated carbocycles. The fourth-order valence-electron chi connectivity index (χ4n) is 5.98. The average molecular weight is 469 g/mol. The summed E-state index contributed by atoms with van der Waals surface area (Å²) in [4.78, 5) is 27.0. The minimum absolute atomic E-state index is 0.113. The zero-order chi connectivity index (χ0) is 24.6. The first-order valence-corrected chi connectivity index (χ1v) is 12.3. The second kappa shape index (κ2) is 10.0. The van der Waals surface area contributed by atoms with Crippen LogP contribution in [0.1, 0.15) is 57.9 Å². The molecule has 2 saturated heterocycles. The Labute approximate surface area is 200 Å². The third-order valence-corrected chi connectivity index (χ3v) is 7.60. The number of benzene rings is 1. The number of nitrogens with zero attached hydrogens (tertiary/aromatic N) is 1. The molecule has 8 heteroatoms. The Morgan fingerprint density at radius 3 is 2.71 bits per heavy atom. The highest BCUT2D eigenvalue weighted by Crippen LogP contribution is 2.51. The first-order valence-electron chi connectivity index (χ1n) is 12.3. The van der Waals surface area contributed by atoms with Crippen molar-refractivity contribution in [1.29, 1.82) is 0 Å². The quantitative estimate of drug-likeness (QED) is 0.353. The van der Waals surface area contributed by atoms with E-state index in [9.17, 15) is 24.1 Å². The summed E-state index contributed by atoms with van der Waals surface area (Å²) in [5, 5.41) is 20.0. The maximum atomic E-state index is 13.8. The molecular weight excluding hydrogens is 436 g/mol. The van der Waals surface area contributed by atoms with Crippen molar-refractivity contribution in [2.75, 3.05) is 7.05 Å². The van der Waals surface area contributed by atoms with Crippen molar-refractivity contribution < 1.29 is 28.8 Å². The second-order valence-electron chi connectivity index (χ2n) is 9.71. The summed E-state index contributed by atoms with van der Waals surface area (Å²) >= 11 is 0. The van der Waals surface area contributed by atoms with E-state index in [4.69, 9.17) is 4.65 Å². The molecule has 2 aliphatic heterocycles. The van der Waals surface area contributed by atoms with Crippen LogP contribution < -0.4 is 0 Å². The molecule has 0 unspecified atom stereocenters. The molecule has 2 heterocycles. The number of phenolic OH excluding ortho intramolecular Hbond substituents is 1. The monoisotopic (exact) mass is 469 g/mol. The molecule has 1 aromatic carbocycles. The summed E-state index contributed by atoms with van der Waals surface area (Å²) in [7, 11) is 0.578. The second-order valence-corrected chi connectivity index (χ2v) is 9.71. The number of rotatable bonds is 7. The van der Waals surface area contributed by atoms with Gasteiger partial charge in [0, 0.05) is 7.05 Å². The molecule has 1 aromatic rings. The standard InChI is InChI=1S/C26H33BFNO5/c1-4-6-17-13-18-24(26(32)29(3)25(18)31)19-14-27(33)34-22(23(17)19)10-8-15(5-2)11-16-7-9-21(30)20(28)12-16/h7,9,11-12,18-19,22,24,30,33H,4-6,8,10,13-14H2,1-3H3/b15-11+/t18-,19+,22-,24-/m1/s1. The van der Waals surface area contributed by atoms with Crippen LogP contribution in [0.2, 0.25) is 6.32 Å². The fraction of sp³-hybridized carbons (Fsp3) is 0.538. The maximum absolute atomic E-state index is 13.8. The molecular formula is C26H33BFNO5.